The summed E-state index contributed by atoms with van der Waals surface area (Å²) in [6, 6.07) is 2.23. The molecule has 1 aliphatic heterocycles. The van der Waals surface area contributed by atoms with Crippen LogP contribution < -0.4 is 10.5 Å². The molecule has 2 heterocycles. The molecule has 7 heteroatoms. The summed E-state index contributed by atoms with van der Waals surface area (Å²) < 4.78 is 34.7. The first-order valence-corrected chi connectivity index (χ1v) is 7.10. The highest BCUT2D eigenvalue weighted by atomic mass is 32.1. The highest BCUT2D eigenvalue weighted by molar-refractivity contribution is 7.71. The van der Waals surface area contributed by atoms with Gasteiger partial charge in [0.05, 0.1) is 6.04 Å². The topological polar surface area (TPSA) is 56.0 Å². The van der Waals surface area contributed by atoms with E-state index in [9.17, 15) is 8.78 Å². The van der Waals surface area contributed by atoms with Gasteiger partial charge in [-0.05, 0) is 30.4 Å². The second kappa shape index (κ2) is 5.57. The predicted molar refractivity (Wildman–Crippen MR) is 77.0 cm³/mol. The Kier molecular flexibility index (Phi) is 3.77. The first-order valence-electron chi connectivity index (χ1n) is 6.69. The van der Waals surface area contributed by atoms with Gasteiger partial charge in [-0.25, -0.2) is 8.78 Å². The molecular formula is C14H15F2N3OS. The molecule has 0 saturated carbocycles. The number of nitrogens with zero attached hydrogens (tertiary/aromatic N) is 1. The maximum atomic E-state index is 13.4. The van der Waals surface area contributed by atoms with E-state index < -0.39 is 11.6 Å². The lowest BCUT2D eigenvalue weighted by molar-refractivity contribution is 0.218. The molecule has 1 aromatic heterocycles. The average Bonchev–Trinajstić information content (AvgIpc) is 2.81. The molecule has 4 nitrogen and oxygen atoms in total. The first-order chi connectivity index (χ1) is 10.1. The second-order valence-corrected chi connectivity index (χ2v) is 5.42. The molecule has 0 radical (unpaired) electrons. The normalized spacial score (nSPS) is 17.4. The van der Waals surface area contributed by atoms with E-state index in [1.165, 1.54) is 6.07 Å². The molecule has 3 N–H and O–H groups in total. The number of fused-ring (bicyclic) bond motifs is 1. The average molecular weight is 311 g/mol. The van der Waals surface area contributed by atoms with E-state index in [-0.39, 0.29) is 6.04 Å². The van der Waals surface area contributed by atoms with Crippen molar-refractivity contribution in [1.82, 2.24) is 9.55 Å². The summed E-state index contributed by atoms with van der Waals surface area (Å²) in [4.78, 5) is 3.00. The number of rotatable bonds is 3. The van der Waals surface area contributed by atoms with Crippen molar-refractivity contribution >= 4 is 12.2 Å². The Labute approximate surface area is 125 Å². The molecule has 0 amide bonds. The molecule has 0 bridgehead atoms. The van der Waals surface area contributed by atoms with Gasteiger partial charge < -0.3 is 20.0 Å². The number of nitrogens with two attached hydrogens (primary N) is 1. The zero-order valence-electron chi connectivity index (χ0n) is 11.2. The summed E-state index contributed by atoms with van der Waals surface area (Å²) in [7, 11) is 0. The fraction of sp³-hybridized carbons (Fsp3) is 0.357. The van der Waals surface area contributed by atoms with Crippen LogP contribution in [0.1, 0.15) is 17.3 Å². The Morgan fingerprint density at radius 2 is 2.14 bits per heavy atom. The minimum Gasteiger partial charge on any atom is -0.491 e. The largest absolute Gasteiger partial charge is 0.491 e. The molecule has 1 aliphatic rings. The minimum atomic E-state index is -0.894. The number of imidazole rings is 1. The molecule has 0 spiro atoms. The Bertz CT molecular complexity index is 725. The van der Waals surface area contributed by atoms with Crippen LogP contribution in [-0.4, -0.2) is 22.7 Å². The van der Waals surface area contributed by atoms with Crippen molar-refractivity contribution in [2.45, 2.75) is 18.9 Å². The van der Waals surface area contributed by atoms with Gasteiger partial charge in [-0.15, -0.1) is 0 Å². The summed E-state index contributed by atoms with van der Waals surface area (Å²) in [6.45, 7) is 0.873. The zero-order chi connectivity index (χ0) is 15.0. The number of benzene rings is 1. The van der Waals surface area contributed by atoms with E-state index in [0.29, 0.717) is 42.1 Å². The lowest BCUT2D eigenvalue weighted by Crippen LogP contribution is -2.26. The van der Waals surface area contributed by atoms with Crippen LogP contribution in [0.15, 0.2) is 18.3 Å². The Hall–Kier alpha value is -1.73. The van der Waals surface area contributed by atoms with Crippen molar-refractivity contribution < 1.29 is 13.5 Å². The van der Waals surface area contributed by atoms with Crippen molar-refractivity contribution in [2.24, 2.45) is 5.73 Å². The van der Waals surface area contributed by atoms with E-state index >= 15 is 0 Å². The van der Waals surface area contributed by atoms with Crippen LogP contribution in [0.4, 0.5) is 8.78 Å². The lowest BCUT2D eigenvalue weighted by Gasteiger charge is -2.27. The van der Waals surface area contributed by atoms with Gasteiger partial charge >= 0.3 is 0 Å². The van der Waals surface area contributed by atoms with Gasteiger partial charge in [0.25, 0.3) is 0 Å². The predicted octanol–water partition coefficient (Wildman–Crippen LogP) is 2.50. The third kappa shape index (κ3) is 2.58. The zero-order valence-corrected chi connectivity index (χ0v) is 12.1. The number of aromatic amines is 1. The Morgan fingerprint density at radius 3 is 2.90 bits per heavy atom. The maximum Gasteiger partial charge on any atom is 0.177 e. The molecule has 0 aliphatic carbocycles. The number of aromatic nitrogens is 2. The van der Waals surface area contributed by atoms with E-state index in [2.05, 4.69) is 4.98 Å². The van der Waals surface area contributed by atoms with Crippen LogP contribution in [0.5, 0.6) is 5.75 Å². The van der Waals surface area contributed by atoms with Crippen LogP contribution in [-0.2, 0) is 12.8 Å². The molecular weight excluding hydrogens is 296 g/mol. The second-order valence-electron chi connectivity index (χ2n) is 5.04. The maximum absolute atomic E-state index is 13.4. The number of ether oxygens (including phenoxy) is 1. The smallest absolute Gasteiger partial charge is 0.177 e. The third-order valence-corrected chi connectivity index (χ3v) is 3.96. The standard InChI is InChI=1S/C14H15F2N3OS/c15-11-4-8-3-10(7-20-13(8)5-12(11)16)19-9(1-2-17)6-18-14(19)21/h4-6,10H,1-3,7,17H2,(H,18,21)/t10-/m1/s1. The van der Waals surface area contributed by atoms with Crippen molar-refractivity contribution in [2.75, 3.05) is 13.2 Å². The first kappa shape index (κ1) is 14.2. The molecule has 0 fully saturated rings. The molecule has 0 unspecified atom stereocenters. The lowest BCUT2D eigenvalue weighted by atomic mass is 10.0. The third-order valence-electron chi connectivity index (χ3n) is 3.65. The Morgan fingerprint density at radius 1 is 1.38 bits per heavy atom. The number of halogens is 2. The van der Waals surface area contributed by atoms with Crippen molar-refractivity contribution in [3.8, 4) is 5.75 Å². The molecule has 3 rings (SSSR count). The summed E-state index contributed by atoms with van der Waals surface area (Å²) in [5.41, 5.74) is 7.23. The summed E-state index contributed by atoms with van der Waals surface area (Å²) in [5.74, 6) is -1.36. The fourth-order valence-corrected chi connectivity index (χ4v) is 3.01. The van der Waals surface area contributed by atoms with Crippen LogP contribution in [0, 0.1) is 16.4 Å². The van der Waals surface area contributed by atoms with Crippen molar-refractivity contribution in [3.05, 3.63) is 46.0 Å². The van der Waals surface area contributed by atoms with E-state index in [1.54, 1.807) is 0 Å². The minimum absolute atomic E-state index is 0.0531. The van der Waals surface area contributed by atoms with Crippen molar-refractivity contribution in [3.63, 3.8) is 0 Å². The molecule has 1 atom stereocenters. The highest BCUT2D eigenvalue weighted by Crippen LogP contribution is 2.32. The van der Waals surface area contributed by atoms with E-state index in [4.69, 9.17) is 22.7 Å². The molecule has 2 aromatic rings. The van der Waals surface area contributed by atoms with Gasteiger partial charge in [0, 0.05) is 30.8 Å². The SMILES string of the molecule is NCCc1c[nH]c(=S)n1[C@H]1COc2cc(F)c(F)cc2C1. The monoisotopic (exact) mass is 311 g/mol. The number of hydrogen-bond acceptors (Lipinski definition) is 3. The van der Waals surface area contributed by atoms with E-state index in [0.717, 1.165) is 11.8 Å². The summed E-state index contributed by atoms with van der Waals surface area (Å²) >= 11 is 5.29. The van der Waals surface area contributed by atoms with Crippen LogP contribution in [0.25, 0.3) is 0 Å². The number of nitrogens with one attached hydrogen (secondary N) is 1. The molecule has 1 aromatic carbocycles. The number of H-pyrrole nitrogens is 1. The molecule has 0 saturated heterocycles. The van der Waals surface area contributed by atoms with Crippen LogP contribution >= 0.6 is 12.2 Å². The summed E-state index contributed by atoms with van der Waals surface area (Å²) in [6.07, 6.45) is 3.06. The highest BCUT2D eigenvalue weighted by Gasteiger charge is 2.25. The quantitative estimate of drug-likeness (QED) is 0.856. The van der Waals surface area contributed by atoms with Gasteiger partial charge in [0.15, 0.2) is 16.4 Å². The van der Waals surface area contributed by atoms with E-state index in [1.807, 2.05) is 10.8 Å². The van der Waals surface area contributed by atoms with Gasteiger partial charge in [-0.2, -0.15) is 0 Å². The molecule has 21 heavy (non-hydrogen) atoms. The fourth-order valence-electron chi connectivity index (χ4n) is 2.68. The van der Waals surface area contributed by atoms with Gasteiger partial charge in [0.1, 0.15) is 12.4 Å². The molecule has 112 valence electrons. The van der Waals surface area contributed by atoms with Crippen molar-refractivity contribution in [1.29, 1.82) is 0 Å². The van der Waals surface area contributed by atoms with Gasteiger partial charge in [-0.1, -0.05) is 0 Å². The van der Waals surface area contributed by atoms with Crippen LogP contribution in [0.2, 0.25) is 0 Å². The van der Waals surface area contributed by atoms with Gasteiger partial charge in [-0.3, -0.25) is 0 Å². The summed E-state index contributed by atoms with van der Waals surface area (Å²) in [5, 5.41) is 0. The van der Waals surface area contributed by atoms with Gasteiger partial charge in [0.2, 0.25) is 0 Å². The number of hydrogen-bond donors (Lipinski definition) is 2. The van der Waals surface area contributed by atoms with Crippen LogP contribution in [0.3, 0.4) is 0 Å². The Balaban J connectivity index is 1.95.